The van der Waals surface area contributed by atoms with E-state index in [-0.39, 0.29) is 11.3 Å². The number of aryl methyl sites for hydroxylation is 1. The third kappa shape index (κ3) is 3.95. The molecule has 5 nitrogen and oxygen atoms in total. The zero-order valence-electron chi connectivity index (χ0n) is 20.8. The van der Waals surface area contributed by atoms with E-state index in [9.17, 15) is 4.79 Å². The number of carbonyl (C=O) groups excluding carboxylic acids is 1. The SMILES string of the molecule is CCOc1cc(C=C[C@@]23NC(=O)CN2c2ccc(C)cc2C3(C)C)ccc1OCc1ccccc1. The third-order valence-electron chi connectivity index (χ3n) is 7.15. The van der Waals surface area contributed by atoms with Crippen molar-refractivity contribution in [2.24, 2.45) is 0 Å². The van der Waals surface area contributed by atoms with Gasteiger partial charge in [0.1, 0.15) is 12.3 Å². The van der Waals surface area contributed by atoms with Gasteiger partial charge in [0, 0.05) is 11.1 Å². The Balaban J connectivity index is 1.45. The molecule has 2 heterocycles. The minimum atomic E-state index is -0.630. The Morgan fingerprint density at radius 2 is 1.80 bits per heavy atom. The predicted octanol–water partition coefficient (Wildman–Crippen LogP) is 5.61. The summed E-state index contributed by atoms with van der Waals surface area (Å²) in [4.78, 5) is 14.8. The molecule has 1 fully saturated rings. The summed E-state index contributed by atoms with van der Waals surface area (Å²) in [5.41, 5.74) is 4.74. The molecule has 3 aromatic carbocycles. The molecule has 0 aromatic heterocycles. The Bertz CT molecular complexity index is 1280. The quantitative estimate of drug-likeness (QED) is 0.490. The normalized spacial score (nSPS) is 20.0. The van der Waals surface area contributed by atoms with Gasteiger partial charge in [-0.1, -0.05) is 74.0 Å². The Hall–Kier alpha value is -3.73. The Morgan fingerprint density at radius 3 is 2.57 bits per heavy atom. The summed E-state index contributed by atoms with van der Waals surface area (Å²) in [6, 6.07) is 22.5. The van der Waals surface area contributed by atoms with Crippen LogP contribution in [-0.4, -0.2) is 24.7 Å². The van der Waals surface area contributed by atoms with Crippen molar-refractivity contribution in [3.63, 3.8) is 0 Å². The molecule has 35 heavy (non-hydrogen) atoms. The van der Waals surface area contributed by atoms with E-state index in [1.807, 2.05) is 55.5 Å². The van der Waals surface area contributed by atoms with Gasteiger partial charge in [-0.25, -0.2) is 0 Å². The fourth-order valence-electron chi connectivity index (χ4n) is 5.26. The maximum atomic E-state index is 12.6. The maximum Gasteiger partial charge on any atom is 0.241 e. The van der Waals surface area contributed by atoms with E-state index in [0.717, 1.165) is 16.8 Å². The number of ether oxygens (including phenoxy) is 2. The molecule has 3 aromatic rings. The van der Waals surface area contributed by atoms with Crippen molar-refractivity contribution in [2.75, 3.05) is 18.1 Å². The molecule has 0 radical (unpaired) electrons. The summed E-state index contributed by atoms with van der Waals surface area (Å²) >= 11 is 0. The second-order valence-corrected chi connectivity index (χ2v) is 9.79. The van der Waals surface area contributed by atoms with Crippen molar-refractivity contribution in [3.05, 3.63) is 95.1 Å². The van der Waals surface area contributed by atoms with E-state index in [4.69, 9.17) is 9.47 Å². The summed E-state index contributed by atoms with van der Waals surface area (Å²) in [6.45, 7) is 9.85. The molecular formula is C30H32N2O3. The van der Waals surface area contributed by atoms with Crippen LogP contribution < -0.4 is 19.7 Å². The molecule has 5 heteroatoms. The largest absolute Gasteiger partial charge is 0.490 e. The summed E-state index contributed by atoms with van der Waals surface area (Å²) in [5.74, 6) is 1.46. The first-order chi connectivity index (χ1) is 16.8. The van der Waals surface area contributed by atoms with Crippen LogP contribution >= 0.6 is 0 Å². The number of rotatable bonds is 7. The fourth-order valence-corrected chi connectivity index (χ4v) is 5.26. The minimum Gasteiger partial charge on any atom is -0.490 e. The topological polar surface area (TPSA) is 50.8 Å². The number of benzene rings is 3. The molecule has 1 N–H and O–H groups in total. The van der Waals surface area contributed by atoms with Gasteiger partial charge in [0.05, 0.1) is 13.2 Å². The van der Waals surface area contributed by atoms with Crippen molar-refractivity contribution in [1.82, 2.24) is 5.32 Å². The molecule has 5 rings (SSSR count). The molecular weight excluding hydrogens is 436 g/mol. The Labute approximate surface area is 207 Å². The van der Waals surface area contributed by atoms with Crippen LogP contribution in [0.25, 0.3) is 6.08 Å². The first-order valence-corrected chi connectivity index (χ1v) is 12.2. The molecule has 0 unspecified atom stereocenters. The second-order valence-electron chi connectivity index (χ2n) is 9.79. The highest BCUT2D eigenvalue weighted by Crippen LogP contribution is 2.53. The lowest BCUT2D eigenvalue weighted by molar-refractivity contribution is -0.118. The van der Waals surface area contributed by atoms with Crippen LogP contribution in [0.2, 0.25) is 0 Å². The summed E-state index contributed by atoms with van der Waals surface area (Å²) in [6.07, 6.45) is 4.20. The fraction of sp³-hybridized carbons (Fsp3) is 0.300. The standard InChI is InChI=1S/C30H32N2O3/c1-5-34-27-18-22(12-14-26(27)35-20-23-9-7-6-8-10-23)15-16-30-29(3,4)24-17-21(2)11-13-25(24)32(30)19-28(33)31-30/h6-18H,5,19-20H2,1-4H3,(H,31,33)/t30-/m1/s1. The molecule has 1 saturated heterocycles. The number of nitrogens with one attached hydrogen (secondary N) is 1. The lowest BCUT2D eigenvalue weighted by atomic mass is 9.75. The van der Waals surface area contributed by atoms with E-state index in [1.165, 1.54) is 11.1 Å². The van der Waals surface area contributed by atoms with Crippen LogP contribution in [0.1, 0.15) is 43.0 Å². The molecule has 0 saturated carbocycles. The van der Waals surface area contributed by atoms with Crippen molar-refractivity contribution >= 4 is 17.7 Å². The molecule has 180 valence electrons. The number of nitrogens with zero attached hydrogens (tertiary/aromatic N) is 1. The van der Waals surface area contributed by atoms with Gasteiger partial charge in [0.15, 0.2) is 11.5 Å². The zero-order chi connectivity index (χ0) is 24.6. The summed E-state index contributed by atoms with van der Waals surface area (Å²) < 4.78 is 12.0. The first kappa shape index (κ1) is 23.0. The van der Waals surface area contributed by atoms with Gasteiger partial charge < -0.3 is 19.7 Å². The van der Waals surface area contributed by atoms with Gasteiger partial charge in [0.25, 0.3) is 0 Å². The van der Waals surface area contributed by atoms with E-state index in [2.05, 4.69) is 61.3 Å². The number of carbonyl (C=O) groups is 1. The van der Waals surface area contributed by atoms with Gasteiger partial charge in [-0.2, -0.15) is 0 Å². The van der Waals surface area contributed by atoms with Crippen molar-refractivity contribution in [1.29, 1.82) is 0 Å². The number of hydrogen-bond donors (Lipinski definition) is 1. The average molecular weight is 469 g/mol. The van der Waals surface area contributed by atoms with E-state index < -0.39 is 5.66 Å². The van der Waals surface area contributed by atoms with Crippen molar-refractivity contribution in [3.8, 4) is 11.5 Å². The van der Waals surface area contributed by atoms with E-state index >= 15 is 0 Å². The van der Waals surface area contributed by atoms with Crippen molar-refractivity contribution in [2.45, 2.75) is 45.4 Å². The van der Waals surface area contributed by atoms with Crippen LogP contribution in [0.15, 0.2) is 72.8 Å². The predicted molar refractivity (Wildman–Crippen MR) is 140 cm³/mol. The molecule has 1 amide bonds. The molecule has 0 aliphatic carbocycles. The number of anilines is 1. The highest BCUT2D eigenvalue weighted by atomic mass is 16.5. The van der Waals surface area contributed by atoms with Crippen molar-refractivity contribution < 1.29 is 14.3 Å². The molecule has 2 aliphatic rings. The lowest BCUT2D eigenvalue weighted by Gasteiger charge is -2.40. The van der Waals surface area contributed by atoms with Crippen LogP contribution in [0.5, 0.6) is 11.5 Å². The van der Waals surface area contributed by atoms with Crippen LogP contribution in [0.3, 0.4) is 0 Å². The monoisotopic (exact) mass is 468 g/mol. The van der Waals surface area contributed by atoms with E-state index in [1.54, 1.807) is 0 Å². The van der Waals surface area contributed by atoms with E-state index in [0.29, 0.717) is 31.3 Å². The van der Waals surface area contributed by atoms with Gasteiger partial charge in [0.2, 0.25) is 5.91 Å². The molecule has 2 aliphatic heterocycles. The molecule has 1 atom stereocenters. The van der Waals surface area contributed by atoms with Gasteiger partial charge in [-0.05, 0) is 54.8 Å². The lowest BCUT2D eigenvalue weighted by Crippen LogP contribution is -2.58. The minimum absolute atomic E-state index is 0.0358. The number of fused-ring (bicyclic) bond motifs is 3. The number of hydrogen-bond acceptors (Lipinski definition) is 4. The molecule has 0 bridgehead atoms. The van der Waals surface area contributed by atoms with Crippen LogP contribution in [-0.2, 0) is 16.8 Å². The highest BCUT2D eigenvalue weighted by Gasteiger charge is 2.59. The summed E-state index contributed by atoms with van der Waals surface area (Å²) in [7, 11) is 0. The highest BCUT2D eigenvalue weighted by molar-refractivity contribution is 5.91. The first-order valence-electron chi connectivity index (χ1n) is 12.2. The number of amides is 1. The van der Waals surface area contributed by atoms with Crippen LogP contribution in [0, 0.1) is 6.92 Å². The third-order valence-corrected chi connectivity index (χ3v) is 7.15. The van der Waals surface area contributed by atoms with Gasteiger partial charge in [-0.3, -0.25) is 4.79 Å². The second kappa shape index (κ2) is 8.81. The Morgan fingerprint density at radius 1 is 1.00 bits per heavy atom. The maximum absolute atomic E-state index is 12.6. The van der Waals surface area contributed by atoms with Gasteiger partial charge in [-0.15, -0.1) is 0 Å². The smallest absolute Gasteiger partial charge is 0.241 e. The van der Waals surface area contributed by atoms with Gasteiger partial charge >= 0.3 is 0 Å². The molecule has 0 spiro atoms. The average Bonchev–Trinajstić information content (AvgIpc) is 3.27. The summed E-state index contributed by atoms with van der Waals surface area (Å²) in [5, 5.41) is 3.29. The zero-order valence-corrected chi connectivity index (χ0v) is 20.8. The van der Waals surface area contributed by atoms with Crippen LogP contribution in [0.4, 0.5) is 5.69 Å². The Kier molecular flexibility index (Phi) is 5.79.